The third kappa shape index (κ3) is 3.05. The molecule has 1 fully saturated rings. The molecule has 7 nitrogen and oxygen atoms in total. The molecule has 0 amide bonds. The Hall–Kier alpha value is -2.41. The van der Waals surface area contributed by atoms with E-state index >= 15 is 0 Å². The Morgan fingerprint density at radius 3 is 2.91 bits per heavy atom. The first kappa shape index (κ1) is 15.5. The minimum atomic E-state index is -0.666. The number of anilines is 1. The number of piperidine rings is 1. The van der Waals surface area contributed by atoms with Crippen molar-refractivity contribution in [2.45, 2.75) is 18.9 Å². The number of hydrogen-bond acceptors (Lipinski definition) is 5. The van der Waals surface area contributed by atoms with E-state index in [2.05, 4.69) is 4.98 Å². The van der Waals surface area contributed by atoms with Gasteiger partial charge in [-0.3, -0.25) is 10.1 Å². The highest BCUT2D eigenvalue weighted by molar-refractivity contribution is 5.63. The first-order valence-electron chi connectivity index (χ1n) is 7.71. The van der Waals surface area contributed by atoms with Crippen LogP contribution in [0.5, 0.6) is 0 Å². The highest BCUT2D eigenvalue weighted by atomic mass is 16.6. The molecule has 1 saturated heterocycles. The Kier molecular flexibility index (Phi) is 4.29. The number of aryl methyl sites for hydroxylation is 1. The van der Waals surface area contributed by atoms with Crippen molar-refractivity contribution in [1.29, 1.82) is 0 Å². The van der Waals surface area contributed by atoms with Gasteiger partial charge >= 0.3 is 0 Å². The molecular weight excluding hydrogens is 296 g/mol. The third-order valence-corrected chi connectivity index (χ3v) is 4.45. The van der Waals surface area contributed by atoms with E-state index in [9.17, 15) is 15.2 Å². The summed E-state index contributed by atoms with van der Waals surface area (Å²) in [6, 6.07) is 6.77. The van der Waals surface area contributed by atoms with Crippen LogP contribution in [0.25, 0.3) is 0 Å². The lowest BCUT2D eigenvalue weighted by Crippen LogP contribution is -2.38. The maximum Gasteiger partial charge on any atom is 0.292 e. The van der Waals surface area contributed by atoms with E-state index in [0.29, 0.717) is 18.1 Å². The fraction of sp³-hybridized carbons (Fsp3) is 0.438. The molecule has 0 saturated carbocycles. The number of nitro groups is 1. The molecule has 23 heavy (non-hydrogen) atoms. The first-order valence-corrected chi connectivity index (χ1v) is 7.71. The molecule has 122 valence electrons. The van der Waals surface area contributed by atoms with Crippen LogP contribution < -0.4 is 4.90 Å². The zero-order valence-corrected chi connectivity index (χ0v) is 13.0. The normalized spacial score (nSPS) is 19.6. The summed E-state index contributed by atoms with van der Waals surface area (Å²) in [7, 11) is 1.86. The highest BCUT2D eigenvalue weighted by Crippen LogP contribution is 2.34. The molecule has 3 rings (SSSR count). The molecule has 2 aromatic rings. The van der Waals surface area contributed by atoms with E-state index in [1.54, 1.807) is 30.6 Å². The monoisotopic (exact) mass is 316 g/mol. The summed E-state index contributed by atoms with van der Waals surface area (Å²) in [5, 5.41) is 21.8. The zero-order chi connectivity index (χ0) is 16.4. The van der Waals surface area contributed by atoms with Gasteiger partial charge in [-0.1, -0.05) is 12.1 Å². The lowest BCUT2D eigenvalue weighted by atomic mass is 9.91. The minimum Gasteiger partial charge on any atom is -0.385 e. The highest BCUT2D eigenvalue weighted by Gasteiger charge is 2.31. The lowest BCUT2D eigenvalue weighted by Gasteiger charge is -2.36. The molecule has 0 spiro atoms. The number of aliphatic hydroxyl groups excluding tert-OH is 1. The van der Waals surface area contributed by atoms with E-state index in [0.717, 1.165) is 19.4 Å². The molecule has 0 bridgehead atoms. The summed E-state index contributed by atoms with van der Waals surface area (Å²) in [6.07, 6.45) is 4.58. The molecule has 1 N–H and O–H groups in total. The predicted octanol–water partition coefficient (Wildman–Crippen LogP) is 2.28. The Morgan fingerprint density at radius 2 is 2.22 bits per heavy atom. The van der Waals surface area contributed by atoms with Crippen molar-refractivity contribution in [1.82, 2.24) is 9.55 Å². The Labute approximate surface area is 134 Å². The van der Waals surface area contributed by atoms with Gasteiger partial charge in [0.25, 0.3) is 5.69 Å². The molecule has 1 aromatic carbocycles. The van der Waals surface area contributed by atoms with E-state index in [-0.39, 0.29) is 16.5 Å². The van der Waals surface area contributed by atoms with Gasteiger partial charge in [-0.15, -0.1) is 0 Å². The smallest absolute Gasteiger partial charge is 0.292 e. The summed E-state index contributed by atoms with van der Waals surface area (Å²) >= 11 is 0. The molecule has 0 unspecified atom stereocenters. The SMILES string of the molecule is Cn1ccnc1[C@H](O)[C@@H]1CCCN(c2ccccc2[N+](=O)[O-])C1. The van der Waals surface area contributed by atoms with Crippen molar-refractivity contribution in [3.05, 3.63) is 52.6 Å². The average Bonchev–Trinajstić information content (AvgIpc) is 3.00. The number of aliphatic hydroxyl groups is 1. The Balaban J connectivity index is 1.82. The first-order chi connectivity index (χ1) is 11.1. The van der Waals surface area contributed by atoms with Crippen molar-refractivity contribution >= 4 is 11.4 Å². The number of para-hydroxylation sites is 2. The van der Waals surface area contributed by atoms with Crippen LogP contribution >= 0.6 is 0 Å². The molecular formula is C16H20N4O3. The van der Waals surface area contributed by atoms with Gasteiger partial charge in [0.15, 0.2) is 0 Å². The van der Waals surface area contributed by atoms with E-state index in [1.807, 2.05) is 16.5 Å². The Bertz CT molecular complexity index is 700. The van der Waals surface area contributed by atoms with Crippen LogP contribution in [0.3, 0.4) is 0 Å². The second-order valence-electron chi connectivity index (χ2n) is 5.94. The standard InChI is InChI=1S/C16H20N4O3/c1-18-10-8-17-16(18)15(21)12-5-4-9-19(11-12)13-6-2-3-7-14(13)20(22)23/h2-3,6-8,10,12,15,21H,4-5,9,11H2,1H3/t12-,15-/m1/s1. The van der Waals surface area contributed by atoms with Gasteiger partial charge in [-0.05, 0) is 18.9 Å². The number of aromatic nitrogens is 2. The lowest BCUT2D eigenvalue weighted by molar-refractivity contribution is -0.384. The summed E-state index contributed by atoms with van der Waals surface area (Å²) < 4.78 is 1.81. The van der Waals surface area contributed by atoms with Gasteiger partial charge in [0.05, 0.1) is 4.92 Å². The van der Waals surface area contributed by atoms with Crippen LogP contribution in [0.4, 0.5) is 11.4 Å². The van der Waals surface area contributed by atoms with Gasteiger partial charge in [-0.2, -0.15) is 0 Å². The van der Waals surface area contributed by atoms with Gasteiger partial charge in [0.1, 0.15) is 17.6 Å². The van der Waals surface area contributed by atoms with Crippen LogP contribution in [0.15, 0.2) is 36.7 Å². The van der Waals surface area contributed by atoms with E-state index < -0.39 is 6.10 Å². The number of hydrogen-bond donors (Lipinski definition) is 1. The van der Waals surface area contributed by atoms with Gasteiger partial charge in [0.2, 0.25) is 0 Å². The predicted molar refractivity (Wildman–Crippen MR) is 86.2 cm³/mol. The van der Waals surface area contributed by atoms with Crippen molar-refractivity contribution in [3.8, 4) is 0 Å². The molecule has 0 aliphatic carbocycles. The third-order valence-electron chi connectivity index (χ3n) is 4.45. The summed E-state index contributed by atoms with van der Waals surface area (Å²) in [4.78, 5) is 17.1. The zero-order valence-electron chi connectivity index (χ0n) is 13.0. The van der Waals surface area contributed by atoms with E-state index in [4.69, 9.17) is 0 Å². The maximum absolute atomic E-state index is 11.2. The van der Waals surface area contributed by atoms with Crippen LogP contribution in [0.1, 0.15) is 24.8 Å². The summed E-state index contributed by atoms with van der Waals surface area (Å²) in [6.45, 7) is 1.34. The molecule has 2 heterocycles. The van der Waals surface area contributed by atoms with Gasteiger partial charge < -0.3 is 14.6 Å². The van der Waals surface area contributed by atoms with Crippen LogP contribution in [0, 0.1) is 16.0 Å². The van der Waals surface area contributed by atoms with Crippen LogP contribution in [0.2, 0.25) is 0 Å². The quantitative estimate of drug-likeness (QED) is 0.691. The molecule has 1 aromatic heterocycles. The van der Waals surface area contributed by atoms with Crippen LogP contribution in [-0.4, -0.2) is 32.7 Å². The average molecular weight is 316 g/mol. The van der Waals surface area contributed by atoms with Gasteiger partial charge in [-0.25, -0.2) is 4.98 Å². The molecule has 1 aliphatic heterocycles. The van der Waals surface area contributed by atoms with Crippen molar-refractivity contribution in [2.75, 3.05) is 18.0 Å². The van der Waals surface area contributed by atoms with Gasteiger partial charge in [0, 0.05) is 44.5 Å². The number of nitrogens with zero attached hydrogens (tertiary/aromatic N) is 4. The minimum absolute atomic E-state index is 0.00432. The fourth-order valence-electron chi connectivity index (χ4n) is 3.25. The second-order valence-corrected chi connectivity index (χ2v) is 5.94. The number of rotatable bonds is 4. The number of nitro benzene ring substituents is 1. The number of imidazole rings is 1. The number of benzene rings is 1. The van der Waals surface area contributed by atoms with Crippen molar-refractivity contribution in [2.24, 2.45) is 13.0 Å². The molecule has 0 radical (unpaired) electrons. The topological polar surface area (TPSA) is 84.4 Å². The van der Waals surface area contributed by atoms with E-state index in [1.165, 1.54) is 6.07 Å². The Morgan fingerprint density at radius 1 is 1.43 bits per heavy atom. The fourth-order valence-corrected chi connectivity index (χ4v) is 3.25. The molecule has 1 aliphatic rings. The molecule has 7 heteroatoms. The largest absolute Gasteiger partial charge is 0.385 e. The second kappa shape index (κ2) is 6.37. The summed E-state index contributed by atoms with van der Waals surface area (Å²) in [5.74, 6) is 0.643. The van der Waals surface area contributed by atoms with Crippen molar-refractivity contribution < 1.29 is 10.0 Å². The van der Waals surface area contributed by atoms with Crippen molar-refractivity contribution in [3.63, 3.8) is 0 Å². The van der Waals surface area contributed by atoms with Crippen LogP contribution in [-0.2, 0) is 7.05 Å². The molecule has 2 atom stereocenters. The summed E-state index contributed by atoms with van der Waals surface area (Å²) in [5.41, 5.74) is 0.730. The maximum atomic E-state index is 11.2.